The summed E-state index contributed by atoms with van der Waals surface area (Å²) in [6, 6.07) is 13.3. The van der Waals surface area contributed by atoms with Gasteiger partial charge in [0.2, 0.25) is 0 Å². The van der Waals surface area contributed by atoms with Crippen molar-refractivity contribution < 1.29 is 24.1 Å². The second-order valence-corrected chi connectivity index (χ2v) is 7.80. The number of para-hydroxylation sites is 1. The molecule has 30 heavy (non-hydrogen) atoms. The van der Waals surface area contributed by atoms with E-state index in [0.29, 0.717) is 18.0 Å². The molecule has 2 atom stereocenters. The molecular weight excluding hydrogens is 407 g/mol. The first-order valence-corrected chi connectivity index (χ1v) is 10.3. The van der Waals surface area contributed by atoms with Crippen molar-refractivity contribution in [2.75, 3.05) is 6.61 Å². The smallest absolute Gasteiger partial charge is 0.464 e. The first-order chi connectivity index (χ1) is 14.6. The highest BCUT2D eigenvalue weighted by molar-refractivity contribution is 6.43. The highest BCUT2D eigenvalue weighted by Gasteiger charge is 2.26. The predicted octanol–water partition coefficient (Wildman–Crippen LogP) is 3.09. The molecule has 1 fully saturated rings. The van der Waals surface area contributed by atoms with Gasteiger partial charge in [-0.25, -0.2) is 4.94 Å². The second kappa shape index (κ2) is 9.93. The van der Waals surface area contributed by atoms with Crippen LogP contribution in [0.5, 0.6) is 0 Å². The van der Waals surface area contributed by atoms with Gasteiger partial charge in [0.05, 0.1) is 18.3 Å². The number of hydrogen-bond donors (Lipinski definition) is 4. The first kappa shape index (κ1) is 21.3. The van der Waals surface area contributed by atoms with E-state index in [0.717, 1.165) is 47.1 Å². The zero-order valence-electron chi connectivity index (χ0n) is 16.4. The SMILES string of the molecule is OB(O)[C@H](Cc1coc2ccccc12)NONCc1ccc(Cl)cc1C1CCCO1. The molecule has 0 saturated carbocycles. The van der Waals surface area contributed by atoms with Crippen LogP contribution in [0.3, 0.4) is 0 Å². The summed E-state index contributed by atoms with van der Waals surface area (Å²) in [6.45, 7) is 1.16. The number of halogens is 1. The third-order valence-corrected chi connectivity index (χ3v) is 5.53. The van der Waals surface area contributed by atoms with Crippen molar-refractivity contribution in [1.82, 2.24) is 11.0 Å². The number of hydrogen-bond acceptors (Lipinski definition) is 7. The van der Waals surface area contributed by atoms with Crippen LogP contribution in [0, 0.1) is 0 Å². The van der Waals surface area contributed by atoms with Gasteiger partial charge in [-0.15, -0.1) is 0 Å². The molecule has 0 amide bonds. The van der Waals surface area contributed by atoms with Crippen LogP contribution >= 0.6 is 11.6 Å². The molecule has 1 aliphatic heterocycles. The summed E-state index contributed by atoms with van der Waals surface area (Å²) in [5.74, 6) is -0.749. The van der Waals surface area contributed by atoms with Gasteiger partial charge in [0.1, 0.15) is 5.58 Å². The second-order valence-electron chi connectivity index (χ2n) is 7.37. The Morgan fingerprint density at radius 2 is 2.07 bits per heavy atom. The van der Waals surface area contributed by atoms with E-state index in [4.69, 9.17) is 25.7 Å². The Balaban J connectivity index is 1.34. The fraction of sp³-hybridized carbons (Fsp3) is 0.333. The summed E-state index contributed by atoms with van der Waals surface area (Å²) in [7, 11) is -1.61. The summed E-state index contributed by atoms with van der Waals surface area (Å²) < 4.78 is 11.3. The summed E-state index contributed by atoms with van der Waals surface area (Å²) in [4.78, 5) is 5.35. The van der Waals surface area contributed by atoms with Crippen LogP contribution in [0.2, 0.25) is 5.02 Å². The fourth-order valence-electron chi connectivity index (χ4n) is 3.72. The Bertz CT molecular complexity index is 977. The van der Waals surface area contributed by atoms with E-state index in [2.05, 4.69) is 11.0 Å². The third-order valence-electron chi connectivity index (χ3n) is 5.29. The zero-order chi connectivity index (χ0) is 20.9. The minimum absolute atomic E-state index is 0.0369. The quantitative estimate of drug-likeness (QED) is 0.235. The summed E-state index contributed by atoms with van der Waals surface area (Å²) >= 11 is 6.16. The van der Waals surface area contributed by atoms with E-state index in [9.17, 15) is 10.0 Å². The molecule has 3 aromatic rings. The summed E-state index contributed by atoms with van der Waals surface area (Å²) in [6.07, 6.45) is 3.97. The van der Waals surface area contributed by atoms with Crippen molar-refractivity contribution in [2.24, 2.45) is 0 Å². The maximum absolute atomic E-state index is 9.74. The lowest BCUT2D eigenvalue weighted by Gasteiger charge is -2.19. The van der Waals surface area contributed by atoms with Crippen LogP contribution in [0.4, 0.5) is 0 Å². The average molecular weight is 431 g/mol. The molecule has 0 spiro atoms. The van der Waals surface area contributed by atoms with E-state index in [-0.39, 0.29) is 6.10 Å². The number of rotatable bonds is 9. The number of hydroxylamine groups is 2. The number of ether oxygens (including phenoxy) is 1. The molecule has 0 aliphatic carbocycles. The molecule has 158 valence electrons. The van der Waals surface area contributed by atoms with E-state index >= 15 is 0 Å². The Kier molecular flexibility index (Phi) is 7.06. The third kappa shape index (κ3) is 5.04. The van der Waals surface area contributed by atoms with Crippen molar-refractivity contribution in [3.63, 3.8) is 0 Å². The highest BCUT2D eigenvalue weighted by atomic mass is 35.5. The maximum Gasteiger partial charge on any atom is 0.472 e. The monoisotopic (exact) mass is 430 g/mol. The number of fused-ring (bicyclic) bond motifs is 1. The Hall–Kier alpha value is -1.91. The van der Waals surface area contributed by atoms with Gasteiger partial charge in [0.25, 0.3) is 0 Å². The van der Waals surface area contributed by atoms with E-state index in [1.54, 1.807) is 6.26 Å². The molecule has 1 unspecified atom stereocenters. The molecule has 4 N–H and O–H groups in total. The summed E-state index contributed by atoms with van der Waals surface area (Å²) in [5, 5.41) is 21.1. The molecule has 9 heteroatoms. The molecule has 0 radical (unpaired) electrons. The van der Waals surface area contributed by atoms with E-state index < -0.39 is 13.1 Å². The maximum atomic E-state index is 9.74. The van der Waals surface area contributed by atoms with Gasteiger partial charge in [0, 0.05) is 23.6 Å². The van der Waals surface area contributed by atoms with Crippen LogP contribution in [-0.4, -0.2) is 29.7 Å². The molecule has 1 saturated heterocycles. The van der Waals surface area contributed by atoms with Crippen LogP contribution in [0.25, 0.3) is 11.0 Å². The van der Waals surface area contributed by atoms with Crippen molar-refractivity contribution in [1.29, 1.82) is 0 Å². The standard InChI is InChI=1S/C21H24BClN2O5/c23-16-8-7-14(18(11-16)20-6-3-9-28-20)12-24-30-25-21(22(26)27)10-15-13-29-19-5-2-1-4-17(15)19/h1-2,4-5,7-8,11,13,20-21,24-27H,3,6,9-10,12H2/t20?,21-/m0/s1. The molecular formula is C21H24BClN2O5. The zero-order valence-corrected chi connectivity index (χ0v) is 17.1. The van der Waals surface area contributed by atoms with Gasteiger partial charge in [-0.2, -0.15) is 11.0 Å². The summed E-state index contributed by atoms with van der Waals surface area (Å²) in [5.41, 5.74) is 9.18. The van der Waals surface area contributed by atoms with Gasteiger partial charge in [-0.1, -0.05) is 35.9 Å². The lowest BCUT2D eigenvalue weighted by molar-refractivity contribution is -0.0527. The predicted molar refractivity (Wildman–Crippen MR) is 114 cm³/mol. The van der Waals surface area contributed by atoms with Crippen molar-refractivity contribution >= 4 is 29.7 Å². The lowest BCUT2D eigenvalue weighted by Crippen LogP contribution is -2.47. The Labute approximate surface area is 180 Å². The molecule has 7 nitrogen and oxygen atoms in total. The van der Waals surface area contributed by atoms with Gasteiger partial charge in [0.15, 0.2) is 0 Å². The van der Waals surface area contributed by atoms with Crippen molar-refractivity contribution in [3.05, 3.63) is 70.4 Å². The molecule has 2 heterocycles. The molecule has 4 rings (SSSR count). The van der Waals surface area contributed by atoms with E-state index in [1.165, 1.54) is 0 Å². The average Bonchev–Trinajstić information content (AvgIpc) is 3.41. The van der Waals surface area contributed by atoms with Crippen LogP contribution < -0.4 is 11.0 Å². The minimum atomic E-state index is -1.61. The number of benzene rings is 2. The van der Waals surface area contributed by atoms with Crippen molar-refractivity contribution in [2.45, 2.75) is 37.9 Å². The lowest BCUT2D eigenvalue weighted by atomic mass is 9.76. The first-order valence-electron chi connectivity index (χ1n) is 9.97. The van der Waals surface area contributed by atoms with Gasteiger partial charge >= 0.3 is 7.12 Å². The molecule has 2 aromatic carbocycles. The van der Waals surface area contributed by atoms with E-state index in [1.807, 2.05) is 42.5 Å². The molecule has 1 aromatic heterocycles. The number of furan rings is 1. The van der Waals surface area contributed by atoms with Crippen LogP contribution in [-0.2, 0) is 22.6 Å². The number of nitrogens with one attached hydrogen (secondary N) is 2. The highest BCUT2D eigenvalue weighted by Crippen LogP contribution is 2.32. The van der Waals surface area contributed by atoms with Crippen molar-refractivity contribution in [3.8, 4) is 0 Å². The molecule has 1 aliphatic rings. The largest absolute Gasteiger partial charge is 0.472 e. The normalized spacial score (nSPS) is 17.5. The van der Waals surface area contributed by atoms with Gasteiger partial charge in [-0.05, 0) is 54.2 Å². The Morgan fingerprint density at radius 1 is 1.20 bits per heavy atom. The minimum Gasteiger partial charge on any atom is -0.464 e. The molecule has 0 bridgehead atoms. The Morgan fingerprint density at radius 3 is 2.87 bits per heavy atom. The topological polar surface area (TPSA) is 96.1 Å². The van der Waals surface area contributed by atoms with Crippen LogP contribution in [0.15, 0.2) is 53.1 Å². The van der Waals surface area contributed by atoms with Crippen LogP contribution in [0.1, 0.15) is 35.6 Å². The van der Waals surface area contributed by atoms with Gasteiger partial charge < -0.3 is 19.2 Å². The van der Waals surface area contributed by atoms with Gasteiger partial charge in [-0.3, -0.25) is 0 Å². The fourth-order valence-corrected chi connectivity index (χ4v) is 3.90.